The molecular weight excluding hydrogens is 422 g/mol. The van der Waals surface area contributed by atoms with Crippen LogP contribution in [0.25, 0.3) is 16.6 Å². The van der Waals surface area contributed by atoms with Gasteiger partial charge in [0.25, 0.3) is 0 Å². The number of anilines is 2. The smallest absolute Gasteiger partial charge is 0.203 e. The maximum atomic E-state index is 5.80. The van der Waals surface area contributed by atoms with Crippen LogP contribution in [0.5, 0.6) is 23.0 Å². The molecule has 2 heterocycles. The molecule has 0 saturated heterocycles. The van der Waals surface area contributed by atoms with E-state index in [4.69, 9.17) is 18.9 Å². The number of rotatable bonds is 8. The van der Waals surface area contributed by atoms with E-state index in [0.29, 0.717) is 34.7 Å². The van der Waals surface area contributed by atoms with Gasteiger partial charge in [0.2, 0.25) is 5.75 Å². The van der Waals surface area contributed by atoms with E-state index in [9.17, 15) is 0 Å². The number of nitrogens with one attached hydrogen (secondary N) is 1. The van der Waals surface area contributed by atoms with Crippen molar-refractivity contribution in [2.75, 3.05) is 26.6 Å². The van der Waals surface area contributed by atoms with Gasteiger partial charge in [0, 0.05) is 23.6 Å². The molecule has 1 N–H and O–H groups in total. The topological polar surface area (TPSA) is 92.6 Å². The zero-order valence-corrected chi connectivity index (χ0v) is 19.5. The quantitative estimate of drug-likeness (QED) is 0.415. The Kier molecular flexibility index (Phi) is 6.21. The van der Waals surface area contributed by atoms with E-state index < -0.39 is 0 Å². The van der Waals surface area contributed by atoms with Crippen LogP contribution >= 0.6 is 0 Å². The average molecular weight is 450 g/mol. The van der Waals surface area contributed by atoms with E-state index in [1.807, 2.05) is 61.9 Å². The van der Waals surface area contributed by atoms with Crippen molar-refractivity contribution in [3.05, 3.63) is 48.7 Å². The van der Waals surface area contributed by atoms with Gasteiger partial charge in [-0.15, -0.1) is 0 Å². The minimum atomic E-state index is 0.0853. The first-order valence-corrected chi connectivity index (χ1v) is 10.5. The Bertz CT molecular complexity index is 1260. The van der Waals surface area contributed by atoms with Gasteiger partial charge in [-0.2, -0.15) is 0 Å². The second-order valence-corrected chi connectivity index (χ2v) is 7.64. The molecule has 9 nitrogen and oxygen atoms in total. The summed E-state index contributed by atoms with van der Waals surface area (Å²) in [6, 6.07) is 9.50. The highest BCUT2D eigenvalue weighted by atomic mass is 16.5. The molecule has 0 aliphatic heterocycles. The molecule has 172 valence electrons. The summed E-state index contributed by atoms with van der Waals surface area (Å²) in [5.74, 6) is 4.38. The standard InChI is InChI=1S/C24H27N5O4/c1-14(2)33-17-7-8-18-19(11-17)26-15(3)27-24(18)28-22-12-29(13-25-22)16-9-20(30-4)23(32-6)21(10-16)31-5/h7-14H,1-6H3,(H,26,27,28). The lowest BCUT2D eigenvalue weighted by molar-refractivity contribution is 0.242. The third kappa shape index (κ3) is 4.62. The highest BCUT2D eigenvalue weighted by molar-refractivity contribution is 5.91. The molecule has 0 bridgehead atoms. The van der Waals surface area contributed by atoms with Crippen molar-refractivity contribution in [1.29, 1.82) is 0 Å². The zero-order chi connectivity index (χ0) is 23.5. The number of aryl methyl sites for hydroxylation is 1. The van der Waals surface area contributed by atoms with Crippen molar-refractivity contribution < 1.29 is 18.9 Å². The van der Waals surface area contributed by atoms with Crippen LogP contribution in [0.1, 0.15) is 19.7 Å². The Labute approximate surface area is 192 Å². The Morgan fingerprint density at radius 2 is 1.67 bits per heavy atom. The van der Waals surface area contributed by atoms with Crippen molar-refractivity contribution in [1.82, 2.24) is 19.5 Å². The predicted molar refractivity (Wildman–Crippen MR) is 127 cm³/mol. The Morgan fingerprint density at radius 1 is 0.939 bits per heavy atom. The average Bonchev–Trinajstić information content (AvgIpc) is 3.25. The van der Waals surface area contributed by atoms with Gasteiger partial charge in [-0.3, -0.25) is 0 Å². The SMILES string of the molecule is COc1cc(-n2cnc(Nc3nc(C)nc4cc(OC(C)C)ccc34)c2)cc(OC)c1OC. The van der Waals surface area contributed by atoms with Crippen LogP contribution in [0.4, 0.5) is 11.6 Å². The first-order valence-electron chi connectivity index (χ1n) is 10.5. The van der Waals surface area contributed by atoms with Gasteiger partial charge in [-0.05, 0) is 32.9 Å². The molecular formula is C24H27N5O4. The molecule has 4 aromatic rings. The fourth-order valence-electron chi connectivity index (χ4n) is 3.53. The minimum absolute atomic E-state index is 0.0853. The summed E-state index contributed by atoms with van der Waals surface area (Å²) in [6.07, 6.45) is 3.65. The molecule has 2 aromatic heterocycles. The molecule has 0 fully saturated rings. The summed E-state index contributed by atoms with van der Waals surface area (Å²) in [5, 5.41) is 4.18. The molecule has 0 saturated carbocycles. The number of aromatic nitrogens is 4. The number of imidazole rings is 1. The van der Waals surface area contributed by atoms with Gasteiger partial charge in [-0.1, -0.05) is 0 Å². The van der Waals surface area contributed by atoms with Crippen molar-refractivity contribution >= 4 is 22.5 Å². The van der Waals surface area contributed by atoms with Crippen molar-refractivity contribution in [3.8, 4) is 28.7 Å². The summed E-state index contributed by atoms with van der Waals surface area (Å²) >= 11 is 0. The van der Waals surface area contributed by atoms with E-state index in [1.54, 1.807) is 27.7 Å². The number of methoxy groups -OCH3 is 3. The van der Waals surface area contributed by atoms with Gasteiger partial charge in [0.05, 0.1) is 44.8 Å². The summed E-state index contributed by atoms with van der Waals surface area (Å²) in [6.45, 7) is 5.84. The molecule has 0 atom stereocenters. The van der Waals surface area contributed by atoms with Crippen LogP contribution in [-0.4, -0.2) is 47.0 Å². The van der Waals surface area contributed by atoms with Gasteiger partial charge < -0.3 is 28.8 Å². The lowest BCUT2D eigenvalue weighted by Crippen LogP contribution is -2.06. The number of hydrogen-bond donors (Lipinski definition) is 1. The Balaban J connectivity index is 1.67. The fourth-order valence-corrected chi connectivity index (χ4v) is 3.53. The second kappa shape index (κ2) is 9.23. The monoisotopic (exact) mass is 449 g/mol. The number of nitrogens with zero attached hydrogens (tertiary/aromatic N) is 4. The minimum Gasteiger partial charge on any atom is -0.493 e. The van der Waals surface area contributed by atoms with E-state index in [1.165, 1.54) is 0 Å². The molecule has 0 unspecified atom stereocenters. The lowest BCUT2D eigenvalue weighted by Gasteiger charge is -2.14. The van der Waals surface area contributed by atoms with E-state index in [-0.39, 0.29) is 6.10 Å². The summed E-state index contributed by atoms with van der Waals surface area (Å²) < 4.78 is 24.0. The highest BCUT2D eigenvalue weighted by Gasteiger charge is 2.15. The maximum Gasteiger partial charge on any atom is 0.203 e. The molecule has 33 heavy (non-hydrogen) atoms. The molecule has 0 aliphatic carbocycles. The van der Waals surface area contributed by atoms with Crippen molar-refractivity contribution in [3.63, 3.8) is 0 Å². The Hall–Kier alpha value is -4.01. The van der Waals surface area contributed by atoms with Crippen LogP contribution in [0, 0.1) is 6.92 Å². The lowest BCUT2D eigenvalue weighted by atomic mass is 10.2. The maximum absolute atomic E-state index is 5.80. The fraction of sp³-hybridized carbons (Fsp3) is 0.292. The zero-order valence-electron chi connectivity index (χ0n) is 19.5. The van der Waals surface area contributed by atoms with Crippen LogP contribution in [0.2, 0.25) is 0 Å². The normalized spacial score (nSPS) is 11.0. The van der Waals surface area contributed by atoms with Gasteiger partial charge in [0.15, 0.2) is 11.5 Å². The third-order valence-electron chi connectivity index (χ3n) is 4.93. The van der Waals surface area contributed by atoms with E-state index >= 15 is 0 Å². The largest absolute Gasteiger partial charge is 0.493 e. The summed E-state index contributed by atoms with van der Waals surface area (Å²) in [4.78, 5) is 13.6. The molecule has 2 aromatic carbocycles. The number of hydrogen-bond acceptors (Lipinski definition) is 8. The van der Waals surface area contributed by atoms with Crippen molar-refractivity contribution in [2.45, 2.75) is 26.9 Å². The molecule has 0 aliphatic rings. The van der Waals surface area contributed by atoms with Crippen LogP contribution < -0.4 is 24.3 Å². The molecule has 0 spiro atoms. The van der Waals surface area contributed by atoms with Crippen LogP contribution in [0.15, 0.2) is 42.9 Å². The highest BCUT2D eigenvalue weighted by Crippen LogP contribution is 2.39. The van der Waals surface area contributed by atoms with Crippen LogP contribution in [-0.2, 0) is 0 Å². The van der Waals surface area contributed by atoms with Gasteiger partial charge in [0.1, 0.15) is 29.5 Å². The summed E-state index contributed by atoms with van der Waals surface area (Å²) in [5.41, 5.74) is 1.61. The van der Waals surface area contributed by atoms with Crippen molar-refractivity contribution in [2.24, 2.45) is 0 Å². The predicted octanol–water partition coefficient (Wildman–Crippen LogP) is 4.68. The second-order valence-electron chi connectivity index (χ2n) is 7.64. The molecule has 0 radical (unpaired) electrons. The van der Waals surface area contributed by atoms with E-state index in [2.05, 4.69) is 20.3 Å². The van der Waals surface area contributed by atoms with Gasteiger partial charge >= 0.3 is 0 Å². The Morgan fingerprint density at radius 3 is 2.30 bits per heavy atom. The number of fused-ring (bicyclic) bond motifs is 1. The number of ether oxygens (including phenoxy) is 4. The number of benzene rings is 2. The molecule has 9 heteroatoms. The van der Waals surface area contributed by atoms with E-state index in [0.717, 1.165) is 22.3 Å². The molecule has 0 amide bonds. The molecule has 4 rings (SSSR count). The third-order valence-corrected chi connectivity index (χ3v) is 4.93. The van der Waals surface area contributed by atoms with Crippen LogP contribution in [0.3, 0.4) is 0 Å². The first kappa shape index (κ1) is 22.2. The van der Waals surface area contributed by atoms with Gasteiger partial charge in [-0.25, -0.2) is 15.0 Å². The first-order chi connectivity index (χ1) is 15.9. The summed E-state index contributed by atoms with van der Waals surface area (Å²) in [7, 11) is 4.75.